The van der Waals surface area contributed by atoms with Crippen LogP contribution in [0.25, 0.3) is 22.6 Å². The lowest BCUT2D eigenvalue weighted by atomic mass is 10.1. The first-order valence-electron chi connectivity index (χ1n) is 9.61. The van der Waals surface area contributed by atoms with E-state index in [4.69, 9.17) is 0 Å². The van der Waals surface area contributed by atoms with Crippen LogP contribution in [0.15, 0.2) is 65.6 Å². The quantitative estimate of drug-likeness (QED) is 0.551. The molecule has 0 saturated carbocycles. The fourth-order valence-electron chi connectivity index (χ4n) is 3.53. The zero-order valence-electron chi connectivity index (χ0n) is 16.4. The minimum Gasteiger partial charge on any atom is -0.480 e. The molecule has 30 heavy (non-hydrogen) atoms. The molecule has 2 aromatic carbocycles. The van der Waals surface area contributed by atoms with Gasteiger partial charge >= 0.3 is 5.97 Å². The number of fused-ring (bicyclic) bond motifs is 1. The Morgan fingerprint density at radius 2 is 1.73 bits per heavy atom. The van der Waals surface area contributed by atoms with E-state index in [1.165, 1.54) is 11.3 Å². The highest BCUT2D eigenvalue weighted by molar-refractivity contribution is 7.89. The molecule has 0 bridgehead atoms. The van der Waals surface area contributed by atoms with Crippen LogP contribution in [0.2, 0.25) is 0 Å². The lowest BCUT2D eigenvalue weighted by Gasteiger charge is -2.21. The minimum atomic E-state index is -3.79. The molecule has 0 amide bonds. The summed E-state index contributed by atoms with van der Waals surface area (Å²) in [5.41, 5.74) is 3.12. The molecule has 7 heteroatoms. The fraction of sp³-hybridized carbons (Fsp3) is 0.174. The first kappa shape index (κ1) is 20.5. The monoisotopic (exact) mass is 439 g/mol. The molecule has 2 heterocycles. The molecule has 5 nitrogen and oxygen atoms in total. The van der Waals surface area contributed by atoms with Gasteiger partial charge < -0.3 is 5.11 Å². The SMILES string of the molecule is CCC(C(=O)O)N1Cc2sc(-c3ccc(/C=C/c4ccccc4)cc3)cc2S1(=O)=O. The minimum absolute atomic E-state index is 0.116. The van der Waals surface area contributed by atoms with Crippen LogP contribution < -0.4 is 0 Å². The van der Waals surface area contributed by atoms with Crippen molar-refractivity contribution in [3.8, 4) is 10.4 Å². The molecular formula is C23H21NO4S2. The van der Waals surface area contributed by atoms with Gasteiger partial charge in [0.2, 0.25) is 10.0 Å². The molecule has 0 aliphatic carbocycles. The van der Waals surface area contributed by atoms with Crippen molar-refractivity contribution >= 4 is 39.5 Å². The molecule has 3 aromatic rings. The summed E-state index contributed by atoms with van der Waals surface area (Å²) in [6, 6.07) is 18.6. The summed E-state index contributed by atoms with van der Waals surface area (Å²) in [6.07, 6.45) is 4.31. The summed E-state index contributed by atoms with van der Waals surface area (Å²) < 4.78 is 26.8. The fourth-order valence-corrected chi connectivity index (χ4v) is 6.93. The smallest absolute Gasteiger partial charge is 0.322 e. The molecule has 1 N–H and O–H groups in total. The molecule has 4 rings (SSSR count). The number of nitrogens with zero attached hydrogens (tertiary/aromatic N) is 1. The normalized spacial score (nSPS) is 16.6. The predicted molar refractivity (Wildman–Crippen MR) is 120 cm³/mol. The van der Waals surface area contributed by atoms with Gasteiger partial charge in [0.1, 0.15) is 6.04 Å². The second kappa shape index (κ2) is 8.18. The van der Waals surface area contributed by atoms with Gasteiger partial charge in [-0.15, -0.1) is 11.3 Å². The Balaban J connectivity index is 1.56. The van der Waals surface area contributed by atoms with E-state index in [0.717, 1.165) is 25.9 Å². The van der Waals surface area contributed by atoms with Crippen LogP contribution >= 0.6 is 11.3 Å². The summed E-state index contributed by atoms with van der Waals surface area (Å²) in [5.74, 6) is -1.12. The van der Waals surface area contributed by atoms with Crippen LogP contribution in [0.4, 0.5) is 0 Å². The maximum atomic E-state index is 12.9. The lowest BCUT2D eigenvalue weighted by Crippen LogP contribution is -2.40. The first-order valence-corrected chi connectivity index (χ1v) is 11.9. The van der Waals surface area contributed by atoms with E-state index in [0.29, 0.717) is 4.88 Å². The summed E-state index contributed by atoms with van der Waals surface area (Å²) in [7, 11) is -3.79. The Hall–Kier alpha value is -2.74. The van der Waals surface area contributed by atoms with E-state index >= 15 is 0 Å². The molecule has 154 valence electrons. The highest BCUT2D eigenvalue weighted by Gasteiger charge is 2.42. The summed E-state index contributed by atoms with van der Waals surface area (Å²) in [4.78, 5) is 13.2. The number of hydrogen-bond donors (Lipinski definition) is 1. The van der Waals surface area contributed by atoms with Gasteiger partial charge in [0.15, 0.2) is 0 Å². The zero-order chi connectivity index (χ0) is 21.3. The topological polar surface area (TPSA) is 74.7 Å². The van der Waals surface area contributed by atoms with E-state index < -0.39 is 22.0 Å². The van der Waals surface area contributed by atoms with Crippen LogP contribution in [0, 0.1) is 0 Å². The van der Waals surface area contributed by atoms with Crippen molar-refractivity contribution in [3.05, 3.63) is 76.7 Å². The molecular weight excluding hydrogens is 418 g/mol. The molecule has 1 aromatic heterocycles. The number of carboxylic acids is 1. The van der Waals surface area contributed by atoms with Crippen LogP contribution in [0.1, 0.15) is 29.3 Å². The number of thiophene rings is 1. The lowest BCUT2D eigenvalue weighted by molar-refractivity contribution is -0.141. The number of aliphatic carboxylic acids is 1. The first-order chi connectivity index (χ1) is 14.4. The Morgan fingerprint density at radius 3 is 2.30 bits per heavy atom. The number of carboxylic acid groups (broad SMARTS) is 1. The van der Waals surface area contributed by atoms with E-state index in [1.807, 2.05) is 66.7 Å². The van der Waals surface area contributed by atoms with Gasteiger partial charge in [0, 0.05) is 9.75 Å². The van der Waals surface area contributed by atoms with Crippen molar-refractivity contribution in [2.24, 2.45) is 0 Å². The third kappa shape index (κ3) is 3.84. The third-order valence-corrected chi connectivity index (χ3v) is 8.36. The van der Waals surface area contributed by atoms with Crippen LogP contribution in [0.3, 0.4) is 0 Å². The van der Waals surface area contributed by atoms with Crippen molar-refractivity contribution < 1.29 is 18.3 Å². The van der Waals surface area contributed by atoms with E-state index in [1.54, 1.807) is 13.0 Å². The van der Waals surface area contributed by atoms with Gasteiger partial charge in [-0.3, -0.25) is 4.79 Å². The van der Waals surface area contributed by atoms with Gasteiger partial charge in [-0.2, -0.15) is 4.31 Å². The number of sulfonamides is 1. The zero-order valence-corrected chi connectivity index (χ0v) is 18.0. The molecule has 0 fully saturated rings. The van der Waals surface area contributed by atoms with Crippen molar-refractivity contribution in [2.45, 2.75) is 30.8 Å². The molecule has 0 radical (unpaired) electrons. The van der Waals surface area contributed by atoms with E-state index in [2.05, 4.69) is 0 Å². The molecule has 1 aliphatic rings. The van der Waals surface area contributed by atoms with Crippen molar-refractivity contribution in [3.63, 3.8) is 0 Å². The molecule has 0 saturated heterocycles. The Labute approximate surface area is 180 Å². The van der Waals surface area contributed by atoms with E-state index in [-0.39, 0.29) is 17.9 Å². The third-order valence-electron chi connectivity index (χ3n) is 5.14. The predicted octanol–water partition coefficient (Wildman–Crippen LogP) is 4.95. The van der Waals surface area contributed by atoms with Gasteiger partial charge in [-0.05, 0) is 29.2 Å². The standard InChI is InChI=1S/C23H21NO4S2/c1-2-19(23(25)26)24-15-21-22(30(24,27)28)14-20(29-21)18-12-10-17(11-13-18)9-8-16-6-4-3-5-7-16/h3-14,19H,2,15H2,1H3,(H,25,26)/b9-8+. The van der Waals surface area contributed by atoms with Crippen LogP contribution in [-0.4, -0.2) is 29.8 Å². The van der Waals surface area contributed by atoms with Gasteiger partial charge in [0.25, 0.3) is 0 Å². The maximum Gasteiger partial charge on any atom is 0.322 e. The maximum absolute atomic E-state index is 12.9. The highest BCUT2D eigenvalue weighted by atomic mass is 32.2. The number of carbonyl (C=O) groups is 1. The number of benzene rings is 2. The van der Waals surface area contributed by atoms with Gasteiger partial charge in [-0.25, -0.2) is 8.42 Å². The van der Waals surface area contributed by atoms with Crippen molar-refractivity contribution in [1.82, 2.24) is 4.31 Å². The van der Waals surface area contributed by atoms with Gasteiger partial charge in [0.05, 0.1) is 11.4 Å². The second-order valence-electron chi connectivity index (χ2n) is 7.08. The molecule has 0 spiro atoms. The second-order valence-corrected chi connectivity index (χ2v) is 10.1. The molecule has 1 unspecified atom stereocenters. The average molecular weight is 440 g/mol. The van der Waals surface area contributed by atoms with E-state index in [9.17, 15) is 18.3 Å². The largest absolute Gasteiger partial charge is 0.480 e. The Morgan fingerprint density at radius 1 is 1.10 bits per heavy atom. The van der Waals surface area contributed by atoms with Gasteiger partial charge in [-0.1, -0.05) is 73.7 Å². The summed E-state index contributed by atoms with van der Waals surface area (Å²) in [6.45, 7) is 1.80. The van der Waals surface area contributed by atoms with Crippen molar-refractivity contribution in [1.29, 1.82) is 0 Å². The van der Waals surface area contributed by atoms with Crippen LogP contribution in [0.5, 0.6) is 0 Å². The molecule has 1 aliphatic heterocycles. The van der Waals surface area contributed by atoms with Crippen molar-refractivity contribution in [2.75, 3.05) is 0 Å². The average Bonchev–Trinajstić information content (AvgIpc) is 3.27. The highest BCUT2D eigenvalue weighted by Crippen LogP contribution is 2.42. The number of hydrogen-bond acceptors (Lipinski definition) is 4. The Bertz CT molecular complexity index is 1200. The summed E-state index contributed by atoms with van der Waals surface area (Å²) in [5, 5.41) is 9.35. The summed E-state index contributed by atoms with van der Waals surface area (Å²) >= 11 is 1.41. The Kier molecular flexibility index (Phi) is 5.60. The van der Waals surface area contributed by atoms with Crippen LogP contribution in [-0.2, 0) is 21.4 Å². The molecule has 1 atom stereocenters. The number of rotatable bonds is 6.